The number of piperazine rings is 1. The van der Waals surface area contributed by atoms with Gasteiger partial charge in [0.15, 0.2) is 0 Å². The fourth-order valence-electron chi connectivity index (χ4n) is 3.44. The molecule has 2 aromatic rings. The number of thiophene rings is 1. The van der Waals surface area contributed by atoms with Gasteiger partial charge in [-0.15, -0.1) is 11.3 Å². The monoisotopic (exact) mass is 347 g/mol. The molecule has 2 aliphatic heterocycles. The summed E-state index contributed by atoms with van der Waals surface area (Å²) in [7, 11) is 0. The van der Waals surface area contributed by atoms with Crippen LogP contribution in [0.25, 0.3) is 0 Å². The molecule has 24 heavy (non-hydrogen) atoms. The van der Waals surface area contributed by atoms with Crippen LogP contribution in [-0.2, 0) is 17.8 Å². The highest BCUT2D eigenvalue weighted by Gasteiger charge is 2.21. The fraction of sp³-hybridized carbons (Fsp3) is 0.647. The molecule has 0 saturated carbocycles. The molecule has 0 N–H and O–H groups in total. The topological polar surface area (TPSA) is 46.4 Å². The Hall–Kier alpha value is -1.28. The number of hydrogen-bond acceptors (Lipinski definition) is 6. The molecule has 2 saturated heterocycles. The van der Waals surface area contributed by atoms with E-state index in [0.717, 1.165) is 52.4 Å². The maximum Gasteiger partial charge on any atom is 0.137 e. The Balaban J connectivity index is 1.21. The van der Waals surface area contributed by atoms with Crippen LogP contribution < -0.4 is 0 Å². The molecule has 1 unspecified atom stereocenters. The minimum atomic E-state index is 0.359. The van der Waals surface area contributed by atoms with E-state index in [9.17, 15) is 0 Å². The summed E-state index contributed by atoms with van der Waals surface area (Å²) in [5.41, 5.74) is 0. The van der Waals surface area contributed by atoms with Gasteiger partial charge in [0.1, 0.15) is 12.7 Å². The smallest absolute Gasteiger partial charge is 0.137 e. The second-order valence-electron chi connectivity index (χ2n) is 6.58. The minimum absolute atomic E-state index is 0.359. The average Bonchev–Trinajstić information content (AvgIpc) is 3.36. The largest absolute Gasteiger partial charge is 0.373 e. The van der Waals surface area contributed by atoms with Crippen LogP contribution in [0, 0.1) is 0 Å². The predicted octanol–water partition coefficient (Wildman–Crippen LogP) is 2.01. The Morgan fingerprint density at radius 1 is 1.12 bits per heavy atom. The molecule has 4 heterocycles. The van der Waals surface area contributed by atoms with E-state index in [2.05, 4.69) is 32.0 Å². The summed E-state index contributed by atoms with van der Waals surface area (Å²) in [4.78, 5) is 12.0. The van der Waals surface area contributed by atoms with Crippen molar-refractivity contribution in [3.63, 3.8) is 0 Å². The van der Waals surface area contributed by atoms with Crippen molar-refractivity contribution in [3.05, 3.63) is 34.5 Å². The van der Waals surface area contributed by atoms with Crippen LogP contribution in [0.5, 0.6) is 0 Å². The molecular weight excluding hydrogens is 322 g/mol. The summed E-state index contributed by atoms with van der Waals surface area (Å²) in [6.45, 7) is 8.55. The number of rotatable bonds is 6. The summed E-state index contributed by atoms with van der Waals surface area (Å²) in [5.74, 6) is 0. The van der Waals surface area contributed by atoms with E-state index in [4.69, 9.17) is 4.74 Å². The molecule has 6 nitrogen and oxygen atoms in total. The van der Waals surface area contributed by atoms with Crippen molar-refractivity contribution >= 4 is 11.3 Å². The van der Waals surface area contributed by atoms with Gasteiger partial charge in [0.25, 0.3) is 0 Å². The van der Waals surface area contributed by atoms with Gasteiger partial charge >= 0.3 is 0 Å². The van der Waals surface area contributed by atoms with E-state index in [1.165, 1.54) is 22.6 Å². The first-order valence-electron chi connectivity index (χ1n) is 8.84. The third-order valence-corrected chi connectivity index (χ3v) is 6.05. The summed E-state index contributed by atoms with van der Waals surface area (Å²) < 4.78 is 7.70. The molecule has 0 aromatic carbocycles. The molecular formula is C17H25N5OS. The first-order valence-corrected chi connectivity index (χ1v) is 9.66. The molecule has 2 aromatic heterocycles. The third kappa shape index (κ3) is 4.03. The minimum Gasteiger partial charge on any atom is -0.373 e. The van der Waals surface area contributed by atoms with Gasteiger partial charge in [0.05, 0.1) is 12.6 Å². The Morgan fingerprint density at radius 3 is 2.75 bits per heavy atom. The highest BCUT2D eigenvalue weighted by Crippen LogP contribution is 2.33. The number of aromatic nitrogens is 3. The van der Waals surface area contributed by atoms with Crippen LogP contribution >= 0.6 is 11.3 Å². The van der Waals surface area contributed by atoms with Gasteiger partial charge in [-0.2, -0.15) is 5.10 Å². The van der Waals surface area contributed by atoms with E-state index in [1.54, 1.807) is 12.7 Å². The zero-order chi connectivity index (χ0) is 16.2. The maximum atomic E-state index is 5.79. The zero-order valence-corrected chi connectivity index (χ0v) is 14.8. The van der Waals surface area contributed by atoms with Crippen molar-refractivity contribution in [1.29, 1.82) is 0 Å². The number of nitrogens with zero attached hydrogens (tertiary/aromatic N) is 5. The highest BCUT2D eigenvalue weighted by molar-refractivity contribution is 7.12. The molecule has 0 radical (unpaired) electrons. The predicted molar refractivity (Wildman–Crippen MR) is 94.0 cm³/mol. The molecule has 0 aliphatic carbocycles. The van der Waals surface area contributed by atoms with E-state index in [-0.39, 0.29) is 0 Å². The average molecular weight is 347 g/mol. The Kier molecular flexibility index (Phi) is 5.22. The quantitative estimate of drug-likeness (QED) is 0.800. The van der Waals surface area contributed by atoms with Crippen molar-refractivity contribution in [2.24, 2.45) is 0 Å². The molecule has 0 spiro atoms. The molecule has 2 aliphatic rings. The van der Waals surface area contributed by atoms with Crippen molar-refractivity contribution in [3.8, 4) is 0 Å². The third-order valence-electron chi connectivity index (χ3n) is 4.89. The Bertz CT molecular complexity index is 615. The normalized spacial score (nSPS) is 23.1. The second kappa shape index (κ2) is 7.74. The van der Waals surface area contributed by atoms with Crippen molar-refractivity contribution in [2.45, 2.75) is 32.0 Å². The lowest BCUT2D eigenvalue weighted by atomic mass is 10.2. The van der Waals surface area contributed by atoms with E-state index >= 15 is 0 Å². The fourth-order valence-corrected chi connectivity index (χ4v) is 4.58. The van der Waals surface area contributed by atoms with Crippen LogP contribution in [0.15, 0.2) is 24.8 Å². The number of hydrogen-bond donors (Lipinski definition) is 0. The summed E-state index contributed by atoms with van der Waals surface area (Å²) in [6.07, 6.45) is 6.14. The van der Waals surface area contributed by atoms with Gasteiger partial charge in [-0.1, -0.05) is 0 Å². The van der Waals surface area contributed by atoms with E-state index in [0.29, 0.717) is 6.10 Å². The lowest BCUT2D eigenvalue weighted by Gasteiger charge is -2.34. The van der Waals surface area contributed by atoms with Crippen LogP contribution in [-0.4, -0.2) is 63.9 Å². The van der Waals surface area contributed by atoms with Gasteiger partial charge in [0.2, 0.25) is 0 Å². The van der Waals surface area contributed by atoms with Crippen LogP contribution in [0.3, 0.4) is 0 Å². The molecule has 130 valence electrons. The molecule has 1 atom stereocenters. The van der Waals surface area contributed by atoms with Gasteiger partial charge < -0.3 is 4.74 Å². The zero-order valence-electron chi connectivity index (χ0n) is 14.0. The lowest BCUT2D eigenvalue weighted by Crippen LogP contribution is -2.46. The Morgan fingerprint density at radius 2 is 2.00 bits per heavy atom. The first kappa shape index (κ1) is 16.2. The summed E-state index contributed by atoms with van der Waals surface area (Å²) in [5, 5.41) is 4.17. The van der Waals surface area contributed by atoms with Gasteiger partial charge in [-0.25, -0.2) is 4.98 Å². The van der Waals surface area contributed by atoms with Crippen LogP contribution in [0.4, 0.5) is 0 Å². The van der Waals surface area contributed by atoms with Crippen molar-refractivity contribution in [1.82, 2.24) is 24.6 Å². The van der Waals surface area contributed by atoms with E-state index < -0.39 is 0 Å². The van der Waals surface area contributed by atoms with Gasteiger partial charge in [-0.05, 0) is 25.0 Å². The molecule has 0 bridgehead atoms. The lowest BCUT2D eigenvalue weighted by molar-refractivity contribution is 0.114. The van der Waals surface area contributed by atoms with Crippen LogP contribution in [0.1, 0.15) is 28.7 Å². The second-order valence-corrected chi connectivity index (χ2v) is 7.78. The molecule has 4 rings (SSSR count). The first-order chi connectivity index (χ1) is 11.9. The summed E-state index contributed by atoms with van der Waals surface area (Å²) >= 11 is 1.93. The molecule has 7 heteroatoms. The molecule has 0 amide bonds. The van der Waals surface area contributed by atoms with Gasteiger partial charge in [0, 0.05) is 55.6 Å². The molecule has 2 fully saturated rings. The Labute approximate surface area is 147 Å². The van der Waals surface area contributed by atoms with Gasteiger partial charge in [-0.3, -0.25) is 14.5 Å². The summed E-state index contributed by atoms with van der Waals surface area (Å²) in [6, 6.07) is 4.56. The van der Waals surface area contributed by atoms with Crippen LogP contribution in [0.2, 0.25) is 0 Å². The highest BCUT2D eigenvalue weighted by atomic mass is 32.1. The SMILES string of the molecule is c1ncn(CCN2CCN(Cc3ccc(C4CCCO4)s3)CC2)n1. The van der Waals surface area contributed by atoms with Crippen molar-refractivity contribution in [2.75, 3.05) is 39.3 Å². The maximum absolute atomic E-state index is 5.79. The van der Waals surface area contributed by atoms with Crippen molar-refractivity contribution < 1.29 is 4.74 Å². The van der Waals surface area contributed by atoms with E-state index in [1.807, 2.05) is 16.0 Å². The standard InChI is InChI=1S/C17H25N5OS/c1-2-16(23-11-1)17-4-3-15(24-17)12-21-7-5-20(6-8-21)9-10-22-14-18-13-19-22/h3-4,13-14,16H,1-2,5-12H2. The number of ether oxygens (including phenoxy) is 1.